The molecule has 1 heterocycles. The van der Waals surface area contributed by atoms with Crippen molar-refractivity contribution in [1.82, 2.24) is 0 Å². The van der Waals surface area contributed by atoms with E-state index < -0.39 is 0 Å². The van der Waals surface area contributed by atoms with Crippen LogP contribution in [0.25, 0.3) is 98.8 Å². The zero-order valence-corrected chi connectivity index (χ0v) is 26.3. The Kier molecular flexibility index (Phi) is 5.02. The monoisotopic (exact) mass is 628 g/mol. The van der Waals surface area contributed by atoms with E-state index in [1.54, 1.807) is 12.1 Å². The molecule has 0 saturated heterocycles. The van der Waals surface area contributed by atoms with E-state index in [1.807, 2.05) is 60.7 Å². The quantitative estimate of drug-likeness (QED) is 0.177. The predicted molar refractivity (Wildman–Crippen MR) is 208 cm³/mol. The Bertz CT molecular complexity index is 3150. The van der Waals surface area contributed by atoms with Crippen LogP contribution < -0.4 is 0 Å². The highest BCUT2D eigenvalue weighted by Gasteiger charge is 2.20. The molecule has 0 atom stereocenters. The number of benzene rings is 9. The second kappa shape index (κ2) is 11.1. The second-order valence-electron chi connectivity index (χ2n) is 12.4. The van der Waals surface area contributed by atoms with Crippen LogP contribution in [-0.2, 0) is 0 Å². The lowest BCUT2D eigenvalue weighted by Crippen LogP contribution is -1.91. The van der Waals surface area contributed by atoms with E-state index in [0.717, 1.165) is 43.8 Å². The number of fused-ring (bicyclic) bond motifs is 6. The summed E-state index contributed by atoms with van der Waals surface area (Å²) >= 11 is 0. The fourth-order valence-corrected chi connectivity index (χ4v) is 7.29. The molecule has 0 amide bonds. The molecule has 0 aliphatic heterocycles. The van der Waals surface area contributed by atoms with E-state index in [1.165, 1.54) is 10.8 Å². The van der Waals surface area contributed by atoms with E-state index >= 15 is 0 Å². The summed E-state index contributed by atoms with van der Waals surface area (Å²) in [4.78, 5) is 0. The minimum atomic E-state index is -0.310. The smallest absolute Gasteiger partial charge is 0.136 e. The van der Waals surface area contributed by atoms with Crippen LogP contribution in [0, 0.1) is 0 Å². The van der Waals surface area contributed by atoms with Crippen molar-refractivity contribution in [1.29, 1.82) is 0 Å². The summed E-state index contributed by atoms with van der Waals surface area (Å²) in [6.07, 6.45) is 0. The standard InChI is InChI=1S/C48H30O/c1-2-11-31(12-3-1)37-27-28-42-45(30-37)49-44-20-10-19-43(48(42)44)47-40-17-8-6-15-38(40)46(39-16-7-9-18-41(39)47)34-24-21-33(22-25-34)36-26-23-32-13-4-5-14-35(32)29-36/h1-30H/i10D,19D,20D,27D,28D,30D. The van der Waals surface area contributed by atoms with Gasteiger partial charge in [-0.15, -0.1) is 0 Å². The molecule has 49 heavy (non-hydrogen) atoms. The number of rotatable bonds is 4. The van der Waals surface area contributed by atoms with Crippen molar-refractivity contribution in [2.24, 2.45) is 0 Å². The Hall–Kier alpha value is -6.44. The zero-order valence-electron chi connectivity index (χ0n) is 32.3. The van der Waals surface area contributed by atoms with Gasteiger partial charge in [0.2, 0.25) is 0 Å². The first-order chi connectivity index (χ1) is 26.8. The molecule has 1 nitrogen and oxygen atoms in total. The Morgan fingerprint density at radius 1 is 0.388 bits per heavy atom. The summed E-state index contributed by atoms with van der Waals surface area (Å²) in [5.41, 5.74) is 6.28. The minimum absolute atomic E-state index is 0.0270. The lowest BCUT2D eigenvalue weighted by molar-refractivity contribution is 0.669. The Morgan fingerprint density at radius 3 is 1.71 bits per heavy atom. The number of hydrogen-bond donors (Lipinski definition) is 0. The fraction of sp³-hybridized carbons (Fsp3) is 0. The maximum Gasteiger partial charge on any atom is 0.136 e. The lowest BCUT2D eigenvalue weighted by atomic mass is 9.84. The van der Waals surface area contributed by atoms with Gasteiger partial charge in [-0.1, -0.05) is 158 Å². The maximum absolute atomic E-state index is 9.44. The third kappa shape index (κ3) is 4.47. The molecular weight excluding hydrogens is 593 g/mol. The van der Waals surface area contributed by atoms with Crippen molar-refractivity contribution in [3.05, 3.63) is 182 Å². The maximum atomic E-state index is 9.44. The first-order valence-electron chi connectivity index (χ1n) is 19.4. The first-order valence-corrected chi connectivity index (χ1v) is 16.4. The highest BCUT2D eigenvalue weighted by atomic mass is 16.3. The zero-order chi connectivity index (χ0) is 37.5. The molecule has 10 rings (SSSR count). The third-order valence-electron chi connectivity index (χ3n) is 9.57. The summed E-state index contributed by atoms with van der Waals surface area (Å²) in [5.74, 6) is 0. The van der Waals surface area contributed by atoms with Crippen molar-refractivity contribution in [2.75, 3.05) is 0 Å². The van der Waals surface area contributed by atoms with Crippen LogP contribution in [0.5, 0.6) is 0 Å². The average Bonchev–Trinajstić information content (AvgIpc) is 3.63. The average molecular weight is 629 g/mol. The van der Waals surface area contributed by atoms with Gasteiger partial charge in [0.05, 0.1) is 8.22 Å². The highest BCUT2D eigenvalue weighted by Crippen LogP contribution is 2.47. The lowest BCUT2D eigenvalue weighted by Gasteiger charge is -2.18. The van der Waals surface area contributed by atoms with E-state index in [0.29, 0.717) is 22.1 Å². The third-order valence-corrected chi connectivity index (χ3v) is 9.57. The van der Waals surface area contributed by atoms with Gasteiger partial charge in [0, 0.05) is 10.8 Å². The van der Waals surface area contributed by atoms with Crippen molar-refractivity contribution >= 4 is 54.3 Å². The molecule has 1 aromatic heterocycles. The van der Waals surface area contributed by atoms with Crippen LogP contribution in [-0.4, -0.2) is 0 Å². The van der Waals surface area contributed by atoms with Crippen molar-refractivity contribution < 1.29 is 12.6 Å². The van der Waals surface area contributed by atoms with Crippen LogP contribution in [0.3, 0.4) is 0 Å². The summed E-state index contributed by atoms with van der Waals surface area (Å²) < 4.78 is 61.4. The van der Waals surface area contributed by atoms with Gasteiger partial charge in [-0.2, -0.15) is 0 Å². The van der Waals surface area contributed by atoms with Crippen LogP contribution in [0.2, 0.25) is 0 Å². The molecule has 10 aromatic rings. The number of hydrogen-bond acceptors (Lipinski definition) is 1. The van der Waals surface area contributed by atoms with E-state index in [4.69, 9.17) is 8.53 Å². The molecule has 0 bridgehead atoms. The van der Waals surface area contributed by atoms with Gasteiger partial charge in [-0.05, 0) is 101 Å². The van der Waals surface area contributed by atoms with Crippen LogP contribution >= 0.6 is 0 Å². The van der Waals surface area contributed by atoms with Gasteiger partial charge in [0.25, 0.3) is 0 Å². The first kappa shape index (κ1) is 22.2. The van der Waals surface area contributed by atoms with Crippen LogP contribution in [0.1, 0.15) is 8.22 Å². The van der Waals surface area contributed by atoms with Crippen LogP contribution in [0.15, 0.2) is 186 Å². The molecule has 0 saturated carbocycles. The molecular formula is C48H30O. The molecule has 0 aliphatic rings. The van der Waals surface area contributed by atoms with E-state index in [9.17, 15) is 4.11 Å². The summed E-state index contributed by atoms with van der Waals surface area (Å²) in [6.45, 7) is 0. The Labute approximate surface area is 292 Å². The normalized spacial score (nSPS) is 13.4. The molecule has 0 spiro atoms. The van der Waals surface area contributed by atoms with Gasteiger partial charge in [-0.25, -0.2) is 0 Å². The molecule has 0 radical (unpaired) electrons. The van der Waals surface area contributed by atoms with Gasteiger partial charge < -0.3 is 4.42 Å². The molecule has 0 fully saturated rings. The molecule has 0 aliphatic carbocycles. The summed E-state index contributed by atoms with van der Waals surface area (Å²) in [5, 5.41) is 6.43. The Morgan fingerprint density at radius 2 is 0.980 bits per heavy atom. The molecule has 228 valence electrons. The molecule has 0 unspecified atom stereocenters. The van der Waals surface area contributed by atoms with Gasteiger partial charge in [0.15, 0.2) is 0 Å². The largest absolute Gasteiger partial charge is 0.456 e. The van der Waals surface area contributed by atoms with Crippen molar-refractivity contribution in [2.45, 2.75) is 0 Å². The molecule has 1 heteroatoms. The second-order valence-corrected chi connectivity index (χ2v) is 12.4. The topological polar surface area (TPSA) is 13.1 Å². The molecule has 0 N–H and O–H groups in total. The van der Waals surface area contributed by atoms with E-state index in [-0.39, 0.29) is 58.4 Å². The highest BCUT2D eigenvalue weighted by molar-refractivity contribution is 6.25. The molecule has 9 aromatic carbocycles. The predicted octanol–water partition coefficient (Wildman–Crippen LogP) is 13.7. The summed E-state index contributed by atoms with van der Waals surface area (Å²) in [7, 11) is 0. The van der Waals surface area contributed by atoms with Gasteiger partial charge in [-0.3, -0.25) is 0 Å². The van der Waals surface area contributed by atoms with Crippen LogP contribution in [0.4, 0.5) is 0 Å². The van der Waals surface area contributed by atoms with Crippen molar-refractivity contribution in [3.8, 4) is 44.5 Å². The van der Waals surface area contributed by atoms with Gasteiger partial charge in [0.1, 0.15) is 11.2 Å². The number of furan rings is 1. The Balaban J connectivity index is 1.26. The van der Waals surface area contributed by atoms with Gasteiger partial charge >= 0.3 is 0 Å². The van der Waals surface area contributed by atoms with Crippen molar-refractivity contribution in [3.63, 3.8) is 0 Å². The minimum Gasteiger partial charge on any atom is -0.456 e. The van der Waals surface area contributed by atoms with E-state index in [2.05, 4.69) is 72.8 Å². The SMILES string of the molecule is [2H]c1c([2H])c(-c2c3ccccc3c(-c3ccc(-c4ccc5ccccc5c4)cc3)c3ccccc23)c2c(oc3c([2H])c(-c4ccccc4)c([2H])c([2H])c32)c1[2H]. The fourth-order valence-electron chi connectivity index (χ4n) is 7.29. The summed E-state index contributed by atoms with van der Waals surface area (Å²) in [6, 6.07) is 47.4.